The molecule has 0 aromatic carbocycles. The van der Waals surface area contributed by atoms with Gasteiger partial charge in [-0.15, -0.1) is 6.58 Å². The fraction of sp³-hybridized carbons (Fsp3) is 0.688. The van der Waals surface area contributed by atoms with Crippen LogP contribution in [0, 0.1) is 16.7 Å². The molecule has 0 aromatic rings. The number of allylic oxidation sites excluding steroid dienone is 1. The van der Waals surface area contributed by atoms with Crippen molar-refractivity contribution in [2.75, 3.05) is 0 Å². The minimum absolute atomic E-state index is 0.0109. The Labute approximate surface area is 110 Å². The monoisotopic (exact) mass is 248 g/mol. The van der Waals surface area contributed by atoms with Crippen molar-refractivity contribution >= 4 is 5.97 Å². The summed E-state index contributed by atoms with van der Waals surface area (Å²) in [5, 5.41) is 0. The van der Waals surface area contributed by atoms with Crippen LogP contribution in [0.1, 0.15) is 47.0 Å². The second-order valence-corrected chi connectivity index (χ2v) is 6.73. The molecule has 0 saturated heterocycles. The van der Waals surface area contributed by atoms with E-state index in [4.69, 9.17) is 4.74 Å². The molecule has 0 N–H and O–H groups in total. The van der Waals surface area contributed by atoms with Crippen molar-refractivity contribution in [3.63, 3.8) is 0 Å². The zero-order chi connectivity index (χ0) is 13.6. The van der Waals surface area contributed by atoms with Gasteiger partial charge in [-0.1, -0.05) is 45.4 Å². The van der Waals surface area contributed by atoms with E-state index in [0.717, 1.165) is 19.3 Å². The summed E-state index contributed by atoms with van der Waals surface area (Å²) in [7, 11) is 0. The van der Waals surface area contributed by atoms with Crippen LogP contribution in [0.5, 0.6) is 0 Å². The minimum atomic E-state index is -0.0109. The molecule has 2 aliphatic rings. The first-order valence-electron chi connectivity index (χ1n) is 6.80. The van der Waals surface area contributed by atoms with E-state index in [9.17, 15) is 4.79 Å². The molecule has 2 rings (SSSR count). The molecule has 0 aliphatic heterocycles. The van der Waals surface area contributed by atoms with Gasteiger partial charge in [0.2, 0.25) is 0 Å². The lowest BCUT2D eigenvalue weighted by molar-refractivity contribution is -0.151. The van der Waals surface area contributed by atoms with Crippen LogP contribution >= 0.6 is 0 Å². The maximum absolute atomic E-state index is 12.2. The van der Waals surface area contributed by atoms with E-state index in [2.05, 4.69) is 40.3 Å². The Morgan fingerprint density at radius 1 is 1.44 bits per heavy atom. The van der Waals surface area contributed by atoms with Crippen molar-refractivity contribution in [3.8, 4) is 0 Å². The normalized spacial score (nSPS) is 28.7. The van der Waals surface area contributed by atoms with Crippen LogP contribution in [0.25, 0.3) is 0 Å². The van der Waals surface area contributed by atoms with E-state index in [1.165, 1.54) is 5.57 Å². The number of carbonyl (C=O) groups excluding carboxylic acids is 1. The van der Waals surface area contributed by atoms with Gasteiger partial charge in [-0.05, 0) is 17.3 Å². The number of rotatable bonds is 4. The smallest absolute Gasteiger partial charge is 0.310 e. The van der Waals surface area contributed by atoms with Crippen LogP contribution in [-0.2, 0) is 9.53 Å². The summed E-state index contributed by atoms with van der Waals surface area (Å²) < 4.78 is 5.66. The molecule has 0 spiro atoms. The summed E-state index contributed by atoms with van der Waals surface area (Å²) in [6.45, 7) is 12.3. The molecule has 1 atom stereocenters. The molecule has 2 nitrogen and oxygen atoms in total. The zero-order valence-electron chi connectivity index (χ0n) is 12.0. The van der Waals surface area contributed by atoms with E-state index >= 15 is 0 Å². The van der Waals surface area contributed by atoms with Gasteiger partial charge in [0.05, 0.1) is 5.92 Å². The summed E-state index contributed by atoms with van der Waals surface area (Å²) in [5.41, 5.74) is 1.48. The van der Waals surface area contributed by atoms with Crippen molar-refractivity contribution < 1.29 is 9.53 Å². The summed E-state index contributed by atoms with van der Waals surface area (Å²) >= 11 is 0. The van der Waals surface area contributed by atoms with Crippen molar-refractivity contribution in [1.82, 2.24) is 0 Å². The van der Waals surface area contributed by atoms with E-state index in [1.807, 2.05) is 6.08 Å². The summed E-state index contributed by atoms with van der Waals surface area (Å²) in [6.07, 6.45) is 6.80. The van der Waals surface area contributed by atoms with Crippen LogP contribution < -0.4 is 0 Å². The molecule has 0 aromatic heterocycles. The molecule has 0 radical (unpaired) electrons. The average Bonchev–Trinajstić information content (AvgIpc) is 2.59. The molecule has 0 heterocycles. The highest BCUT2D eigenvalue weighted by Gasteiger charge is 2.69. The average molecular weight is 248 g/mol. The van der Waals surface area contributed by atoms with Crippen molar-refractivity contribution in [2.24, 2.45) is 16.7 Å². The Morgan fingerprint density at radius 2 is 2.06 bits per heavy atom. The lowest BCUT2D eigenvalue weighted by Crippen LogP contribution is -2.19. The second kappa shape index (κ2) is 4.25. The molecular weight excluding hydrogens is 224 g/mol. The second-order valence-electron chi connectivity index (χ2n) is 6.73. The van der Waals surface area contributed by atoms with Gasteiger partial charge in [-0.25, -0.2) is 0 Å². The molecular formula is C16H24O2. The van der Waals surface area contributed by atoms with Crippen LogP contribution in [0.3, 0.4) is 0 Å². The minimum Gasteiger partial charge on any atom is -0.461 e. The van der Waals surface area contributed by atoms with Gasteiger partial charge in [-0.2, -0.15) is 0 Å². The summed E-state index contributed by atoms with van der Waals surface area (Å²) in [4.78, 5) is 12.2. The first kappa shape index (κ1) is 13.4. The van der Waals surface area contributed by atoms with Crippen LogP contribution in [0.2, 0.25) is 0 Å². The molecule has 2 aliphatic carbocycles. The van der Waals surface area contributed by atoms with E-state index in [-0.39, 0.29) is 28.8 Å². The first-order chi connectivity index (χ1) is 8.30. The maximum atomic E-state index is 12.2. The van der Waals surface area contributed by atoms with Gasteiger partial charge in [-0.3, -0.25) is 4.79 Å². The van der Waals surface area contributed by atoms with Gasteiger partial charge in [0.25, 0.3) is 0 Å². The van der Waals surface area contributed by atoms with Crippen LogP contribution in [0.15, 0.2) is 24.3 Å². The lowest BCUT2D eigenvalue weighted by Gasteiger charge is -2.13. The topological polar surface area (TPSA) is 26.3 Å². The largest absolute Gasteiger partial charge is 0.461 e. The van der Waals surface area contributed by atoms with E-state index < -0.39 is 0 Å². The fourth-order valence-electron chi connectivity index (χ4n) is 3.22. The highest BCUT2D eigenvalue weighted by Crippen LogP contribution is 2.68. The molecule has 1 unspecified atom stereocenters. The number of hydrogen-bond acceptors (Lipinski definition) is 2. The Hall–Kier alpha value is -1.05. The van der Waals surface area contributed by atoms with Gasteiger partial charge in [0.15, 0.2) is 0 Å². The van der Waals surface area contributed by atoms with Gasteiger partial charge in [0, 0.05) is 12.8 Å². The van der Waals surface area contributed by atoms with Gasteiger partial charge in [0.1, 0.15) is 6.10 Å². The standard InChI is InChI=1S/C16H24O2/c1-6-7-11-8-9-12(10-11)18-14(17)13-15(2,3)16(13,4)5/h6,8,12-13H,1,7,9-10H2,2-5H3. The third kappa shape index (κ3) is 2.02. The molecule has 0 amide bonds. The highest BCUT2D eigenvalue weighted by molar-refractivity contribution is 5.79. The molecule has 1 fully saturated rings. The van der Waals surface area contributed by atoms with Crippen LogP contribution in [-0.4, -0.2) is 12.1 Å². The predicted molar refractivity (Wildman–Crippen MR) is 73.1 cm³/mol. The number of esters is 1. The lowest BCUT2D eigenvalue weighted by atomic mass is 10.0. The SMILES string of the molecule is C=CCC1=CCC(OC(=O)C2C(C)(C)C2(C)C)C1. The van der Waals surface area contributed by atoms with E-state index in [0.29, 0.717) is 0 Å². The molecule has 1 saturated carbocycles. The maximum Gasteiger partial charge on any atom is 0.310 e. The number of carbonyl (C=O) groups is 1. The molecule has 0 bridgehead atoms. The fourth-order valence-corrected chi connectivity index (χ4v) is 3.22. The predicted octanol–water partition coefficient (Wildman–Crippen LogP) is 3.88. The Morgan fingerprint density at radius 3 is 2.56 bits per heavy atom. The highest BCUT2D eigenvalue weighted by atomic mass is 16.5. The third-order valence-corrected chi connectivity index (χ3v) is 5.11. The Bertz CT molecular complexity index is 387. The van der Waals surface area contributed by atoms with Crippen LogP contribution in [0.4, 0.5) is 0 Å². The summed E-state index contributed by atoms with van der Waals surface area (Å²) in [6, 6.07) is 0. The quantitative estimate of drug-likeness (QED) is 0.557. The molecule has 2 heteroatoms. The van der Waals surface area contributed by atoms with Gasteiger partial charge < -0.3 is 4.74 Å². The molecule has 100 valence electrons. The Balaban J connectivity index is 1.87. The zero-order valence-corrected chi connectivity index (χ0v) is 12.0. The number of ether oxygens (including phenoxy) is 1. The van der Waals surface area contributed by atoms with Crippen molar-refractivity contribution in [3.05, 3.63) is 24.3 Å². The third-order valence-electron chi connectivity index (χ3n) is 5.11. The number of hydrogen-bond donors (Lipinski definition) is 0. The van der Waals surface area contributed by atoms with Gasteiger partial charge >= 0.3 is 5.97 Å². The van der Waals surface area contributed by atoms with E-state index in [1.54, 1.807) is 0 Å². The van der Waals surface area contributed by atoms with Crippen molar-refractivity contribution in [1.29, 1.82) is 0 Å². The first-order valence-corrected chi connectivity index (χ1v) is 6.80. The van der Waals surface area contributed by atoms with Crippen molar-refractivity contribution in [2.45, 2.75) is 53.1 Å². The molecule has 18 heavy (non-hydrogen) atoms. The summed E-state index contributed by atoms with van der Waals surface area (Å²) in [5.74, 6) is 0.0386. The Kier molecular flexibility index (Phi) is 3.16.